The molecule has 0 amide bonds. The van der Waals surface area contributed by atoms with Gasteiger partial charge < -0.3 is 19.9 Å². The maximum Gasteiger partial charge on any atom is 0.338 e. The van der Waals surface area contributed by atoms with E-state index in [2.05, 4.69) is 6.07 Å². The summed E-state index contributed by atoms with van der Waals surface area (Å²) in [4.78, 5) is 12.4. The summed E-state index contributed by atoms with van der Waals surface area (Å²) in [6.07, 6.45) is 0. The molecule has 1 aliphatic heterocycles. The Hall–Kier alpha value is -2.94. The lowest BCUT2D eigenvalue weighted by Crippen LogP contribution is -2.25. The lowest BCUT2D eigenvalue weighted by Gasteiger charge is -2.27. The molecular weight excluding hydrogens is 308 g/mol. The van der Waals surface area contributed by atoms with E-state index >= 15 is 0 Å². The monoisotopic (exact) mass is 328 g/mol. The Labute approximate surface area is 141 Å². The summed E-state index contributed by atoms with van der Waals surface area (Å²) in [5.41, 5.74) is 7.97. The van der Waals surface area contributed by atoms with Crippen molar-refractivity contribution in [2.75, 3.05) is 13.7 Å². The topological polar surface area (TPSA) is 94.6 Å². The quantitative estimate of drug-likeness (QED) is 0.854. The van der Waals surface area contributed by atoms with Crippen LogP contribution in [0.2, 0.25) is 0 Å². The van der Waals surface area contributed by atoms with Crippen LogP contribution < -0.4 is 10.5 Å². The van der Waals surface area contributed by atoms with Crippen LogP contribution in [0.5, 0.6) is 5.75 Å². The highest BCUT2D eigenvalue weighted by molar-refractivity contribution is 5.92. The maximum atomic E-state index is 12.4. The standard InChI is InChI=1S/C18H20N2O4/c1-5-23-18(21)15-11(3)24-17(20)13(9-19)16(15)12-6-7-14(22-4)10(2)8-12/h6-8,16H,5,20H2,1-4H3. The molecule has 0 aromatic heterocycles. The summed E-state index contributed by atoms with van der Waals surface area (Å²) in [7, 11) is 1.59. The van der Waals surface area contributed by atoms with Crippen molar-refractivity contribution in [2.45, 2.75) is 26.7 Å². The van der Waals surface area contributed by atoms with E-state index in [1.807, 2.05) is 13.0 Å². The molecule has 0 saturated heterocycles. The Morgan fingerprint density at radius 2 is 2.12 bits per heavy atom. The van der Waals surface area contributed by atoms with E-state index in [4.69, 9.17) is 19.9 Å². The third-order valence-electron chi connectivity index (χ3n) is 3.85. The number of methoxy groups -OCH3 is 1. The van der Waals surface area contributed by atoms with Crippen molar-refractivity contribution >= 4 is 5.97 Å². The highest BCUT2D eigenvalue weighted by Gasteiger charge is 2.36. The number of carbonyl (C=O) groups excluding carboxylic acids is 1. The number of rotatable bonds is 4. The molecular formula is C18H20N2O4. The number of nitriles is 1. The van der Waals surface area contributed by atoms with Crippen molar-refractivity contribution in [3.05, 3.63) is 52.1 Å². The van der Waals surface area contributed by atoms with Crippen molar-refractivity contribution in [3.63, 3.8) is 0 Å². The molecule has 24 heavy (non-hydrogen) atoms. The van der Waals surface area contributed by atoms with Crippen LogP contribution >= 0.6 is 0 Å². The molecule has 1 heterocycles. The molecule has 6 nitrogen and oxygen atoms in total. The zero-order valence-corrected chi connectivity index (χ0v) is 14.2. The number of allylic oxidation sites excluding steroid dienone is 2. The lowest BCUT2D eigenvalue weighted by molar-refractivity contribution is -0.139. The minimum atomic E-state index is -0.632. The predicted molar refractivity (Wildman–Crippen MR) is 87.7 cm³/mol. The Kier molecular flexibility index (Phi) is 5.14. The molecule has 0 aliphatic carbocycles. The maximum absolute atomic E-state index is 12.4. The fourth-order valence-corrected chi connectivity index (χ4v) is 2.77. The van der Waals surface area contributed by atoms with E-state index in [1.165, 1.54) is 0 Å². The van der Waals surface area contributed by atoms with E-state index < -0.39 is 11.9 Å². The Morgan fingerprint density at radius 3 is 2.67 bits per heavy atom. The van der Waals surface area contributed by atoms with E-state index in [1.54, 1.807) is 33.1 Å². The van der Waals surface area contributed by atoms with Crippen LogP contribution in [0.4, 0.5) is 0 Å². The van der Waals surface area contributed by atoms with E-state index in [0.29, 0.717) is 5.76 Å². The van der Waals surface area contributed by atoms with Gasteiger partial charge in [-0.1, -0.05) is 12.1 Å². The highest BCUT2D eigenvalue weighted by Crippen LogP contribution is 2.40. The number of benzene rings is 1. The van der Waals surface area contributed by atoms with Gasteiger partial charge in [0.05, 0.1) is 25.2 Å². The molecule has 0 bridgehead atoms. The molecule has 0 saturated carbocycles. The Balaban J connectivity index is 2.62. The summed E-state index contributed by atoms with van der Waals surface area (Å²) in [6.45, 7) is 5.47. The summed E-state index contributed by atoms with van der Waals surface area (Å²) in [5, 5.41) is 9.51. The summed E-state index contributed by atoms with van der Waals surface area (Å²) < 4.78 is 15.8. The fourth-order valence-electron chi connectivity index (χ4n) is 2.77. The first-order valence-corrected chi connectivity index (χ1v) is 7.54. The molecule has 1 aliphatic rings. The second-order valence-electron chi connectivity index (χ2n) is 5.34. The second-order valence-corrected chi connectivity index (χ2v) is 5.34. The molecule has 0 fully saturated rings. The molecule has 1 atom stereocenters. The molecule has 1 aromatic rings. The number of nitrogens with zero attached hydrogens (tertiary/aromatic N) is 1. The average molecular weight is 328 g/mol. The first-order valence-electron chi connectivity index (χ1n) is 7.54. The molecule has 0 radical (unpaired) electrons. The van der Waals surface area contributed by atoms with Gasteiger partial charge in [-0.05, 0) is 38.0 Å². The average Bonchev–Trinajstić information content (AvgIpc) is 2.54. The first kappa shape index (κ1) is 17.4. The van der Waals surface area contributed by atoms with Crippen LogP contribution in [0.15, 0.2) is 41.0 Å². The van der Waals surface area contributed by atoms with Gasteiger partial charge in [0.2, 0.25) is 5.88 Å². The summed E-state index contributed by atoms with van der Waals surface area (Å²) >= 11 is 0. The minimum absolute atomic E-state index is 0.00141. The smallest absolute Gasteiger partial charge is 0.338 e. The molecule has 2 rings (SSSR count). The molecule has 1 aromatic carbocycles. The third kappa shape index (κ3) is 3.06. The van der Waals surface area contributed by atoms with Gasteiger partial charge in [-0.3, -0.25) is 0 Å². The van der Waals surface area contributed by atoms with Gasteiger partial charge in [0.25, 0.3) is 0 Å². The number of hydrogen-bond acceptors (Lipinski definition) is 6. The van der Waals surface area contributed by atoms with Gasteiger partial charge in [0.1, 0.15) is 23.2 Å². The van der Waals surface area contributed by atoms with Crippen molar-refractivity contribution in [1.29, 1.82) is 5.26 Å². The normalized spacial score (nSPS) is 17.2. The lowest BCUT2D eigenvalue weighted by atomic mass is 9.82. The SMILES string of the molecule is CCOC(=O)C1=C(C)OC(N)=C(C#N)C1c1ccc(OC)c(C)c1. The zero-order valence-electron chi connectivity index (χ0n) is 14.2. The second kappa shape index (κ2) is 7.09. The number of ether oxygens (including phenoxy) is 3. The highest BCUT2D eigenvalue weighted by atomic mass is 16.5. The van der Waals surface area contributed by atoms with Crippen LogP contribution in [-0.2, 0) is 14.3 Å². The minimum Gasteiger partial charge on any atom is -0.496 e. The Bertz CT molecular complexity index is 772. The van der Waals surface area contributed by atoms with Crippen molar-refractivity contribution in [3.8, 4) is 11.8 Å². The van der Waals surface area contributed by atoms with Crippen molar-refractivity contribution < 1.29 is 19.0 Å². The summed E-state index contributed by atoms with van der Waals surface area (Å²) in [6, 6.07) is 7.52. The Morgan fingerprint density at radius 1 is 1.42 bits per heavy atom. The molecule has 6 heteroatoms. The van der Waals surface area contributed by atoms with Gasteiger partial charge in [0, 0.05) is 0 Å². The number of esters is 1. The third-order valence-corrected chi connectivity index (χ3v) is 3.85. The number of aryl methyl sites for hydroxylation is 1. The predicted octanol–water partition coefficient (Wildman–Crippen LogP) is 2.65. The summed E-state index contributed by atoms with van der Waals surface area (Å²) in [5.74, 6) is -0.0919. The van der Waals surface area contributed by atoms with E-state index in [0.717, 1.165) is 16.9 Å². The zero-order chi connectivity index (χ0) is 17.9. The van der Waals surface area contributed by atoms with Gasteiger partial charge in [-0.15, -0.1) is 0 Å². The number of carbonyl (C=O) groups is 1. The van der Waals surface area contributed by atoms with Crippen molar-refractivity contribution in [1.82, 2.24) is 0 Å². The van der Waals surface area contributed by atoms with E-state index in [-0.39, 0.29) is 23.6 Å². The largest absolute Gasteiger partial charge is 0.496 e. The van der Waals surface area contributed by atoms with Gasteiger partial charge >= 0.3 is 5.97 Å². The van der Waals surface area contributed by atoms with Crippen LogP contribution in [0.25, 0.3) is 0 Å². The first-order chi connectivity index (χ1) is 11.4. The molecule has 0 spiro atoms. The number of nitrogens with two attached hydrogens (primary N) is 1. The van der Waals surface area contributed by atoms with Crippen LogP contribution in [-0.4, -0.2) is 19.7 Å². The molecule has 2 N–H and O–H groups in total. The van der Waals surface area contributed by atoms with E-state index in [9.17, 15) is 10.1 Å². The van der Waals surface area contributed by atoms with Crippen LogP contribution in [0, 0.1) is 18.3 Å². The van der Waals surface area contributed by atoms with Crippen LogP contribution in [0.1, 0.15) is 30.9 Å². The number of hydrogen-bond donors (Lipinski definition) is 1. The molecule has 1 unspecified atom stereocenters. The van der Waals surface area contributed by atoms with Gasteiger partial charge in [-0.25, -0.2) is 4.79 Å². The van der Waals surface area contributed by atoms with Crippen molar-refractivity contribution in [2.24, 2.45) is 5.73 Å². The van der Waals surface area contributed by atoms with Crippen LogP contribution in [0.3, 0.4) is 0 Å². The van der Waals surface area contributed by atoms with Gasteiger partial charge in [-0.2, -0.15) is 5.26 Å². The fraction of sp³-hybridized carbons (Fsp3) is 0.333. The van der Waals surface area contributed by atoms with Gasteiger partial charge in [0.15, 0.2) is 0 Å². The molecule has 126 valence electrons.